The van der Waals surface area contributed by atoms with Gasteiger partial charge in [0.2, 0.25) is 0 Å². The van der Waals surface area contributed by atoms with Crippen LogP contribution in [-0.2, 0) is 0 Å². The molecule has 0 atom stereocenters. The van der Waals surface area contributed by atoms with E-state index in [-0.39, 0.29) is 0 Å². The first-order chi connectivity index (χ1) is 6.63. The summed E-state index contributed by atoms with van der Waals surface area (Å²) >= 11 is 9.32. The van der Waals surface area contributed by atoms with Crippen molar-refractivity contribution in [1.82, 2.24) is 0 Å². The lowest BCUT2D eigenvalue weighted by atomic mass is 10.0. The van der Waals surface area contributed by atoms with Gasteiger partial charge in [-0.05, 0) is 23.6 Å². The molecule has 76 valence electrons. The van der Waals surface area contributed by atoms with Gasteiger partial charge in [-0.15, -0.1) is 11.6 Å². The maximum Gasteiger partial charge on any atom is 0.0439 e. The molecule has 1 aromatic carbocycles. The van der Waals surface area contributed by atoms with Crippen LogP contribution in [0.3, 0.4) is 0 Å². The Hall–Kier alpha value is -0.270. The van der Waals surface area contributed by atoms with Crippen molar-refractivity contribution in [3.05, 3.63) is 39.9 Å². The van der Waals surface area contributed by atoms with Gasteiger partial charge in [0.15, 0.2) is 0 Å². The Balaban J connectivity index is 2.94. The van der Waals surface area contributed by atoms with Crippen molar-refractivity contribution in [1.29, 1.82) is 0 Å². The molecule has 0 unspecified atom stereocenters. The minimum absolute atomic E-state index is 0.506. The minimum atomic E-state index is 0.506. The Morgan fingerprint density at radius 3 is 2.71 bits per heavy atom. The fourth-order valence-electron chi connectivity index (χ4n) is 1.17. The van der Waals surface area contributed by atoms with E-state index in [1.807, 2.05) is 12.1 Å². The SMILES string of the molecule is CC(C)/C(=C/c1cccc(Br)c1)CCl. The van der Waals surface area contributed by atoms with Gasteiger partial charge in [0.1, 0.15) is 0 Å². The number of halogens is 2. The molecule has 0 spiro atoms. The van der Waals surface area contributed by atoms with E-state index in [0.717, 1.165) is 4.47 Å². The highest BCUT2D eigenvalue weighted by Gasteiger charge is 2.01. The van der Waals surface area contributed by atoms with E-state index in [1.165, 1.54) is 11.1 Å². The van der Waals surface area contributed by atoms with E-state index in [4.69, 9.17) is 11.6 Å². The van der Waals surface area contributed by atoms with Crippen LogP contribution in [0.4, 0.5) is 0 Å². The highest BCUT2D eigenvalue weighted by Crippen LogP contribution is 2.18. The van der Waals surface area contributed by atoms with Crippen molar-refractivity contribution < 1.29 is 0 Å². The molecule has 0 fully saturated rings. The van der Waals surface area contributed by atoms with Gasteiger partial charge in [-0.3, -0.25) is 0 Å². The van der Waals surface area contributed by atoms with Crippen LogP contribution in [0.5, 0.6) is 0 Å². The van der Waals surface area contributed by atoms with E-state index in [9.17, 15) is 0 Å². The molecule has 1 rings (SSSR count). The smallest absolute Gasteiger partial charge is 0.0439 e. The molecule has 0 saturated carbocycles. The van der Waals surface area contributed by atoms with E-state index < -0.39 is 0 Å². The summed E-state index contributed by atoms with van der Waals surface area (Å²) in [6, 6.07) is 8.23. The normalized spacial score (nSPS) is 12.2. The van der Waals surface area contributed by atoms with E-state index in [2.05, 4.69) is 48.0 Å². The quantitative estimate of drug-likeness (QED) is 0.699. The number of alkyl halides is 1. The molecule has 0 radical (unpaired) electrons. The summed E-state index contributed by atoms with van der Waals surface area (Å²) in [7, 11) is 0. The zero-order valence-corrected chi connectivity index (χ0v) is 10.8. The maximum absolute atomic E-state index is 5.87. The fourth-order valence-corrected chi connectivity index (χ4v) is 1.97. The predicted octanol–water partition coefficient (Wildman–Crippen LogP) is 4.73. The number of hydrogen-bond acceptors (Lipinski definition) is 0. The predicted molar refractivity (Wildman–Crippen MR) is 67.7 cm³/mol. The molecule has 14 heavy (non-hydrogen) atoms. The maximum atomic E-state index is 5.87. The Kier molecular flexibility index (Phi) is 4.70. The summed E-state index contributed by atoms with van der Waals surface area (Å²) < 4.78 is 1.10. The molecule has 0 aliphatic rings. The first-order valence-electron chi connectivity index (χ1n) is 4.65. The van der Waals surface area contributed by atoms with Gasteiger partial charge < -0.3 is 0 Å². The van der Waals surface area contributed by atoms with Crippen LogP contribution in [0.2, 0.25) is 0 Å². The van der Waals surface area contributed by atoms with Gasteiger partial charge in [-0.25, -0.2) is 0 Å². The van der Waals surface area contributed by atoms with Crippen molar-refractivity contribution in [3.8, 4) is 0 Å². The van der Waals surface area contributed by atoms with Crippen LogP contribution in [0.15, 0.2) is 34.3 Å². The van der Waals surface area contributed by atoms with Crippen LogP contribution >= 0.6 is 27.5 Å². The summed E-state index contributed by atoms with van der Waals surface area (Å²) in [4.78, 5) is 0. The van der Waals surface area contributed by atoms with Gasteiger partial charge in [-0.1, -0.05) is 53.6 Å². The Labute approximate surface area is 99.1 Å². The lowest BCUT2D eigenvalue weighted by Crippen LogP contribution is -1.94. The Morgan fingerprint density at radius 1 is 1.50 bits per heavy atom. The molecule has 0 aromatic heterocycles. The average Bonchev–Trinajstić information content (AvgIpc) is 2.14. The van der Waals surface area contributed by atoms with Gasteiger partial charge in [0.05, 0.1) is 0 Å². The van der Waals surface area contributed by atoms with E-state index in [1.54, 1.807) is 0 Å². The molecule has 1 aromatic rings. The van der Waals surface area contributed by atoms with Crippen molar-refractivity contribution in [2.45, 2.75) is 13.8 Å². The van der Waals surface area contributed by atoms with E-state index in [0.29, 0.717) is 11.8 Å². The van der Waals surface area contributed by atoms with Crippen molar-refractivity contribution in [2.24, 2.45) is 5.92 Å². The largest absolute Gasteiger partial charge is 0.122 e. The standard InChI is InChI=1S/C12H14BrCl/c1-9(2)11(8-14)6-10-4-3-5-12(13)7-10/h3-7,9H,8H2,1-2H3/b11-6+. The van der Waals surface area contributed by atoms with Crippen LogP contribution < -0.4 is 0 Å². The van der Waals surface area contributed by atoms with Crippen LogP contribution in [-0.4, -0.2) is 5.88 Å². The highest BCUT2D eigenvalue weighted by atomic mass is 79.9. The minimum Gasteiger partial charge on any atom is -0.122 e. The average molecular weight is 274 g/mol. The molecule has 0 saturated heterocycles. The molecule has 2 heteroatoms. The van der Waals surface area contributed by atoms with Gasteiger partial charge >= 0.3 is 0 Å². The molecule has 0 N–H and O–H groups in total. The topological polar surface area (TPSA) is 0 Å². The Morgan fingerprint density at radius 2 is 2.21 bits per heavy atom. The summed E-state index contributed by atoms with van der Waals surface area (Å²) in [6.45, 7) is 4.32. The highest BCUT2D eigenvalue weighted by molar-refractivity contribution is 9.10. The number of hydrogen-bond donors (Lipinski definition) is 0. The third-order valence-electron chi connectivity index (χ3n) is 2.10. The monoisotopic (exact) mass is 272 g/mol. The van der Waals surface area contributed by atoms with Crippen molar-refractivity contribution in [3.63, 3.8) is 0 Å². The van der Waals surface area contributed by atoms with Gasteiger partial charge in [0.25, 0.3) is 0 Å². The molecule has 0 bridgehead atoms. The molecular weight excluding hydrogens is 259 g/mol. The van der Waals surface area contributed by atoms with Gasteiger partial charge in [0, 0.05) is 10.4 Å². The van der Waals surface area contributed by atoms with Crippen molar-refractivity contribution >= 4 is 33.6 Å². The lowest BCUT2D eigenvalue weighted by molar-refractivity contribution is 0.778. The second kappa shape index (κ2) is 5.57. The number of allylic oxidation sites excluding steroid dienone is 1. The van der Waals surface area contributed by atoms with Crippen molar-refractivity contribution in [2.75, 3.05) is 5.88 Å². The molecule has 0 aliphatic heterocycles. The zero-order chi connectivity index (χ0) is 10.6. The molecule has 0 heterocycles. The van der Waals surface area contributed by atoms with Crippen LogP contribution in [0.25, 0.3) is 6.08 Å². The summed E-state index contributed by atoms with van der Waals surface area (Å²) in [5.74, 6) is 1.11. The van der Waals surface area contributed by atoms with Gasteiger partial charge in [-0.2, -0.15) is 0 Å². The first kappa shape index (κ1) is 11.8. The molecular formula is C12H14BrCl. The molecule has 0 nitrogen and oxygen atoms in total. The molecule has 0 aliphatic carbocycles. The Bertz CT molecular complexity index is 329. The lowest BCUT2D eigenvalue weighted by Gasteiger charge is -2.07. The van der Waals surface area contributed by atoms with Crippen LogP contribution in [0.1, 0.15) is 19.4 Å². The molecule has 0 amide bonds. The number of benzene rings is 1. The third kappa shape index (κ3) is 3.47. The second-order valence-corrected chi connectivity index (χ2v) is 4.75. The third-order valence-corrected chi connectivity index (χ3v) is 2.90. The zero-order valence-electron chi connectivity index (χ0n) is 8.43. The fraction of sp³-hybridized carbons (Fsp3) is 0.333. The summed E-state index contributed by atoms with van der Waals surface area (Å²) in [6.07, 6.45) is 2.16. The van der Waals surface area contributed by atoms with Crippen LogP contribution in [0, 0.1) is 5.92 Å². The summed E-state index contributed by atoms with van der Waals surface area (Å²) in [5, 5.41) is 0. The van der Waals surface area contributed by atoms with E-state index >= 15 is 0 Å². The second-order valence-electron chi connectivity index (χ2n) is 3.56. The first-order valence-corrected chi connectivity index (χ1v) is 5.98. The summed E-state index contributed by atoms with van der Waals surface area (Å²) in [5.41, 5.74) is 2.47. The number of rotatable bonds is 3.